The maximum Gasteiger partial charge on any atom is 0.408 e. The second-order valence-electron chi connectivity index (χ2n) is 8.37. The van der Waals surface area contributed by atoms with Gasteiger partial charge < -0.3 is 15.0 Å². The average Bonchev–Trinajstić information content (AvgIpc) is 2.94. The second-order valence-corrected chi connectivity index (χ2v) is 8.37. The van der Waals surface area contributed by atoms with Crippen molar-refractivity contribution in [3.63, 3.8) is 0 Å². The normalized spacial score (nSPS) is 14.1. The first-order valence-electron chi connectivity index (χ1n) is 9.63. The zero-order chi connectivity index (χ0) is 22.1. The molecule has 0 aliphatic carbocycles. The van der Waals surface area contributed by atoms with E-state index in [2.05, 4.69) is 5.32 Å². The highest BCUT2D eigenvalue weighted by atomic mass is 19.1. The topological polar surface area (TPSA) is 82.4 Å². The van der Waals surface area contributed by atoms with Gasteiger partial charge in [0, 0.05) is 25.6 Å². The van der Waals surface area contributed by atoms with Crippen molar-refractivity contribution >= 4 is 12.0 Å². The molecule has 0 aromatic heterocycles. The van der Waals surface area contributed by atoms with Crippen LogP contribution in [-0.4, -0.2) is 35.6 Å². The summed E-state index contributed by atoms with van der Waals surface area (Å²) in [5.41, 5.74) is 2.57. The first-order valence-corrected chi connectivity index (χ1v) is 9.63. The van der Waals surface area contributed by atoms with Gasteiger partial charge in [0.1, 0.15) is 17.5 Å². The van der Waals surface area contributed by atoms with Crippen LogP contribution in [0.2, 0.25) is 0 Å². The molecular weight excluding hydrogens is 385 g/mol. The third-order valence-corrected chi connectivity index (χ3v) is 4.75. The van der Waals surface area contributed by atoms with Crippen molar-refractivity contribution in [1.29, 1.82) is 5.26 Å². The predicted molar refractivity (Wildman–Crippen MR) is 110 cm³/mol. The summed E-state index contributed by atoms with van der Waals surface area (Å²) in [6, 6.07) is 11.3. The van der Waals surface area contributed by atoms with Gasteiger partial charge in [-0.05, 0) is 55.2 Å². The number of rotatable bonds is 4. The van der Waals surface area contributed by atoms with Crippen LogP contribution in [0.25, 0.3) is 11.1 Å². The van der Waals surface area contributed by atoms with E-state index in [1.165, 1.54) is 6.07 Å². The Morgan fingerprint density at radius 1 is 1.27 bits per heavy atom. The Morgan fingerprint density at radius 3 is 2.57 bits per heavy atom. The largest absolute Gasteiger partial charge is 0.444 e. The lowest BCUT2D eigenvalue weighted by Gasteiger charge is -2.21. The van der Waals surface area contributed by atoms with E-state index in [0.717, 1.165) is 11.1 Å². The predicted octanol–water partition coefficient (Wildman–Crippen LogP) is 4.04. The highest BCUT2D eigenvalue weighted by Gasteiger charge is 2.25. The van der Waals surface area contributed by atoms with Crippen molar-refractivity contribution in [3.8, 4) is 17.2 Å². The van der Waals surface area contributed by atoms with Crippen LogP contribution in [-0.2, 0) is 17.7 Å². The Kier molecular flexibility index (Phi) is 5.79. The molecule has 2 amide bonds. The number of alkyl carbamates (subject to hydrolysis) is 1. The third-order valence-electron chi connectivity index (χ3n) is 4.75. The van der Waals surface area contributed by atoms with E-state index >= 15 is 0 Å². The lowest BCUT2D eigenvalue weighted by atomic mass is 9.97. The fourth-order valence-corrected chi connectivity index (χ4v) is 3.32. The van der Waals surface area contributed by atoms with Gasteiger partial charge in [-0.3, -0.25) is 4.79 Å². The smallest absolute Gasteiger partial charge is 0.408 e. The summed E-state index contributed by atoms with van der Waals surface area (Å²) in [6.45, 7) is 5.73. The standard InChI is InChI=1S/C23H24FN3O3/c1-23(2,3)30-22(29)26-18(12-25)9-16-7-5-15(11-20(16)24)14-6-8-17-13-27(4)21(28)19(17)10-14/h5-8,10-11,18H,9,13H2,1-4H3,(H,26,29). The number of hydrogen-bond donors (Lipinski definition) is 1. The van der Waals surface area contributed by atoms with Crippen LogP contribution in [0.15, 0.2) is 36.4 Å². The number of halogens is 1. The number of nitriles is 1. The van der Waals surface area contributed by atoms with Crippen LogP contribution >= 0.6 is 0 Å². The van der Waals surface area contributed by atoms with Gasteiger partial charge in [-0.1, -0.05) is 24.3 Å². The number of nitrogens with one attached hydrogen (secondary N) is 1. The molecular formula is C23H24FN3O3. The van der Waals surface area contributed by atoms with Crippen molar-refractivity contribution in [1.82, 2.24) is 10.2 Å². The molecule has 1 aliphatic heterocycles. The van der Waals surface area contributed by atoms with Crippen LogP contribution in [0.3, 0.4) is 0 Å². The van der Waals surface area contributed by atoms with Gasteiger partial charge >= 0.3 is 6.09 Å². The Labute approximate surface area is 175 Å². The van der Waals surface area contributed by atoms with Crippen LogP contribution in [0.1, 0.15) is 42.3 Å². The molecule has 1 atom stereocenters. The molecule has 7 heteroatoms. The molecule has 6 nitrogen and oxygen atoms in total. The van der Waals surface area contributed by atoms with Gasteiger partial charge in [0.15, 0.2) is 0 Å². The Bertz CT molecular complexity index is 1040. The van der Waals surface area contributed by atoms with Crippen LogP contribution < -0.4 is 5.32 Å². The van der Waals surface area contributed by atoms with Gasteiger partial charge in [-0.15, -0.1) is 0 Å². The molecule has 2 aromatic carbocycles. The molecule has 1 N–H and O–H groups in total. The number of carbonyl (C=O) groups excluding carboxylic acids is 2. The van der Waals surface area contributed by atoms with Crippen molar-refractivity contribution in [2.75, 3.05) is 7.05 Å². The Morgan fingerprint density at radius 2 is 1.93 bits per heavy atom. The number of ether oxygens (including phenoxy) is 1. The Balaban J connectivity index is 1.75. The van der Waals surface area contributed by atoms with E-state index in [-0.39, 0.29) is 12.3 Å². The molecule has 1 aliphatic rings. The third kappa shape index (κ3) is 4.77. The fraction of sp³-hybridized carbons (Fsp3) is 0.348. The van der Waals surface area contributed by atoms with Gasteiger partial charge in [-0.2, -0.15) is 5.26 Å². The number of amides is 2. The van der Waals surface area contributed by atoms with Crippen LogP contribution in [0.4, 0.5) is 9.18 Å². The molecule has 0 saturated carbocycles. The molecule has 156 valence electrons. The summed E-state index contributed by atoms with van der Waals surface area (Å²) >= 11 is 0. The molecule has 3 rings (SSSR count). The van der Waals surface area contributed by atoms with Crippen molar-refractivity contribution in [2.45, 2.75) is 45.4 Å². The molecule has 0 saturated heterocycles. The van der Waals surface area contributed by atoms with Gasteiger partial charge in [0.05, 0.1) is 6.07 Å². The number of carbonyl (C=O) groups is 2. The zero-order valence-electron chi connectivity index (χ0n) is 17.5. The minimum absolute atomic E-state index is 0.00925. The van der Waals surface area contributed by atoms with Crippen molar-refractivity contribution in [3.05, 3.63) is 58.9 Å². The summed E-state index contributed by atoms with van der Waals surface area (Å²) in [5.74, 6) is -0.531. The molecule has 1 heterocycles. The van der Waals surface area contributed by atoms with Gasteiger partial charge in [0.25, 0.3) is 5.91 Å². The molecule has 0 fully saturated rings. The lowest BCUT2D eigenvalue weighted by molar-refractivity contribution is 0.0515. The van der Waals surface area contributed by atoms with E-state index in [0.29, 0.717) is 23.2 Å². The fourth-order valence-electron chi connectivity index (χ4n) is 3.32. The highest BCUT2D eigenvalue weighted by molar-refractivity contribution is 5.99. The summed E-state index contributed by atoms with van der Waals surface area (Å²) in [6.07, 6.45) is -0.714. The van der Waals surface area contributed by atoms with Crippen LogP contribution in [0, 0.1) is 17.1 Å². The number of nitrogens with zero attached hydrogens (tertiary/aromatic N) is 2. The van der Waals surface area contributed by atoms with E-state index in [9.17, 15) is 19.2 Å². The molecule has 30 heavy (non-hydrogen) atoms. The van der Waals surface area contributed by atoms with Crippen molar-refractivity contribution < 1.29 is 18.7 Å². The maximum absolute atomic E-state index is 14.7. The highest BCUT2D eigenvalue weighted by Crippen LogP contribution is 2.29. The first kappa shape index (κ1) is 21.3. The van der Waals surface area contributed by atoms with E-state index in [4.69, 9.17) is 4.74 Å². The molecule has 0 spiro atoms. The molecule has 1 unspecified atom stereocenters. The number of hydrogen-bond acceptors (Lipinski definition) is 4. The first-order chi connectivity index (χ1) is 14.1. The van der Waals surface area contributed by atoms with E-state index in [1.54, 1.807) is 50.9 Å². The Hall–Kier alpha value is -3.40. The SMILES string of the molecule is CN1Cc2ccc(-c3ccc(CC(C#N)NC(=O)OC(C)(C)C)c(F)c3)cc2C1=O. The summed E-state index contributed by atoms with van der Waals surface area (Å²) in [5, 5.41) is 11.8. The van der Waals surface area contributed by atoms with Gasteiger partial charge in [-0.25, -0.2) is 9.18 Å². The summed E-state index contributed by atoms with van der Waals surface area (Å²) in [7, 11) is 1.74. The van der Waals surface area contributed by atoms with E-state index in [1.807, 2.05) is 18.2 Å². The van der Waals surface area contributed by atoms with Crippen molar-refractivity contribution in [2.24, 2.45) is 0 Å². The zero-order valence-corrected chi connectivity index (χ0v) is 17.5. The maximum atomic E-state index is 14.7. The number of benzene rings is 2. The molecule has 2 aromatic rings. The second kappa shape index (κ2) is 8.15. The summed E-state index contributed by atoms with van der Waals surface area (Å²) in [4.78, 5) is 25.7. The number of fused-ring (bicyclic) bond motifs is 1. The monoisotopic (exact) mass is 409 g/mol. The minimum Gasteiger partial charge on any atom is -0.444 e. The minimum atomic E-state index is -0.923. The summed E-state index contributed by atoms with van der Waals surface area (Å²) < 4.78 is 19.9. The molecule has 0 radical (unpaired) electrons. The lowest BCUT2D eigenvalue weighted by Crippen LogP contribution is -2.39. The average molecular weight is 409 g/mol. The quantitative estimate of drug-likeness (QED) is 0.826. The molecule has 0 bridgehead atoms. The van der Waals surface area contributed by atoms with E-state index < -0.39 is 23.6 Å². The van der Waals surface area contributed by atoms with Crippen LogP contribution in [0.5, 0.6) is 0 Å². The van der Waals surface area contributed by atoms with Gasteiger partial charge in [0.2, 0.25) is 0 Å².